The van der Waals surface area contributed by atoms with Crippen molar-refractivity contribution in [3.63, 3.8) is 0 Å². The maximum atomic E-state index is 14.2. The van der Waals surface area contributed by atoms with E-state index in [2.05, 4.69) is 10.3 Å². The normalized spacial score (nSPS) is 15.5. The Morgan fingerprint density at radius 3 is 2.66 bits per heavy atom. The molecule has 162 valence electrons. The van der Waals surface area contributed by atoms with Crippen LogP contribution in [0.25, 0.3) is 10.9 Å². The van der Waals surface area contributed by atoms with Crippen molar-refractivity contribution >= 4 is 22.6 Å². The zero-order valence-corrected chi connectivity index (χ0v) is 18.0. The van der Waals surface area contributed by atoms with Crippen molar-refractivity contribution in [3.8, 4) is 5.75 Å². The maximum absolute atomic E-state index is 14.2. The van der Waals surface area contributed by atoms with Crippen LogP contribution in [0.4, 0.5) is 14.9 Å². The number of aromatic nitrogens is 1. The first-order valence-electron chi connectivity index (χ1n) is 10.6. The summed E-state index contributed by atoms with van der Waals surface area (Å²) >= 11 is 0. The molecule has 2 amide bonds. The number of hydrogen-bond acceptors (Lipinski definition) is 2. The summed E-state index contributed by atoms with van der Waals surface area (Å²) in [5.41, 5.74) is 5.48. The summed E-state index contributed by atoms with van der Waals surface area (Å²) in [6, 6.07) is 19.7. The number of urea groups is 1. The van der Waals surface area contributed by atoms with E-state index in [0.717, 1.165) is 33.5 Å². The molecule has 1 aliphatic rings. The van der Waals surface area contributed by atoms with Crippen molar-refractivity contribution < 1.29 is 13.9 Å². The van der Waals surface area contributed by atoms with Crippen molar-refractivity contribution in [2.75, 3.05) is 19.0 Å². The Hall–Kier alpha value is -3.80. The second kappa shape index (κ2) is 8.04. The molecule has 1 aromatic heterocycles. The topological polar surface area (TPSA) is 57.4 Å². The number of fused-ring (bicyclic) bond motifs is 3. The fourth-order valence-electron chi connectivity index (χ4n) is 4.46. The number of halogens is 1. The summed E-state index contributed by atoms with van der Waals surface area (Å²) in [6.45, 7) is 2.55. The van der Waals surface area contributed by atoms with Crippen LogP contribution in [0.5, 0.6) is 5.75 Å². The lowest BCUT2D eigenvalue weighted by atomic mass is 9.92. The standard InChI is InChI=1S/C26H24FN3O2/c1-16-7-9-17(10-8-16)25-24-19(20-15-18(32-2)11-12-22(20)28-24)13-14-30(25)26(31)29-23-6-4-3-5-21(23)27/h3-12,15,25,28H,13-14H2,1-2H3,(H,29,31)/t25-/m1/s1. The maximum Gasteiger partial charge on any atom is 0.322 e. The molecule has 2 heterocycles. The van der Waals surface area contributed by atoms with Gasteiger partial charge >= 0.3 is 6.03 Å². The van der Waals surface area contributed by atoms with Crippen molar-refractivity contribution in [2.24, 2.45) is 0 Å². The number of hydrogen-bond donors (Lipinski definition) is 2. The first kappa shape index (κ1) is 20.1. The lowest BCUT2D eigenvalue weighted by Crippen LogP contribution is -2.43. The fraction of sp³-hybridized carbons (Fsp3) is 0.192. The van der Waals surface area contributed by atoms with Gasteiger partial charge < -0.3 is 19.9 Å². The predicted octanol–water partition coefficient (Wildman–Crippen LogP) is 5.80. The van der Waals surface area contributed by atoms with Crippen LogP contribution in [0.3, 0.4) is 0 Å². The molecule has 0 spiro atoms. The number of H-pyrrole nitrogens is 1. The molecule has 0 aliphatic carbocycles. The number of ether oxygens (including phenoxy) is 1. The van der Waals surface area contributed by atoms with Crippen molar-refractivity contribution in [1.29, 1.82) is 0 Å². The van der Waals surface area contributed by atoms with Crippen molar-refractivity contribution in [3.05, 3.63) is 94.9 Å². The Bertz CT molecular complexity index is 1300. The van der Waals surface area contributed by atoms with Crippen molar-refractivity contribution in [2.45, 2.75) is 19.4 Å². The third kappa shape index (κ3) is 3.47. The number of nitrogens with zero attached hydrogens (tertiary/aromatic N) is 1. The van der Waals surface area contributed by atoms with E-state index in [1.54, 1.807) is 30.2 Å². The van der Waals surface area contributed by atoms with E-state index in [0.29, 0.717) is 13.0 Å². The van der Waals surface area contributed by atoms with Crippen LogP contribution in [0.15, 0.2) is 66.7 Å². The van der Waals surface area contributed by atoms with Gasteiger partial charge in [-0.25, -0.2) is 9.18 Å². The average molecular weight is 429 g/mol. The molecular formula is C26H24FN3O2. The number of carbonyl (C=O) groups is 1. The third-order valence-corrected chi connectivity index (χ3v) is 6.10. The number of benzene rings is 3. The van der Waals surface area contributed by atoms with Gasteiger partial charge in [-0.05, 0) is 54.8 Å². The number of nitrogens with one attached hydrogen (secondary N) is 2. The number of para-hydroxylation sites is 1. The minimum absolute atomic E-state index is 0.173. The Labute approximate surface area is 185 Å². The van der Waals surface area contributed by atoms with Gasteiger partial charge in [0.25, 0.3) is 0 Å². The van der Waals surface area contributed by atoms with Gasteiger partial charge in [-0.15, -0.1) is 0 Å². The van der Waals surface area contributed by atoms with Crippen LogP contribution in [-0.2, 0) is 6.42 Å². The van der Waals surface area contributed by atoms with Gasteiger partial charge in [-0.2, -0.15) is 0 Å². The SMILES string of the molecule is COc1ccc2[nH]c3c(c2c1)CCN(C(=O)Nc1ccccc1F)[C@@H]3c1ccc(C)cc1. The summed E-state index contributed by atoms with van der Waals surface area (Å²) in [6.07, 6.45) is 0.690. The lowest BCUT2D eigenvalue weighted by molar-refractivity contribution is 0.193. The number of aryl methyl sites for hydroxylation is 1. The number of methoxy groups -OCH3 is 1. The number of amides is 2. The first-order valence-corrected chi connectivity index (χ1v) is 10.6. The van der Waals surface area contributed by atoms with Gasteiger partial charge in [0, 0.05) is 23.1 Å². The number of rotatable bonds is 3. The molecule has 3 aromatic carbocycles. The lowest BCUT2D eigenvalue weighted by Gasteiger charge is -2.36. The fourth-order valence-corrected chi connectivity index (χ4v) is 4.46. The Kier molecular flexibility index (Phi) is 5.05. The van der Waals surface area contributed by atoms with E-state index < -0.39 is 5.82 Å². The van der Waals surface area contributed by atoms with E-state index in [1.165, 1.54) is 11.6 Å². The van der Waals surface area contributed by atoms with E-state index >= 15 is 0 Å². The second-order valence-electron chi connectivity index (χ2n) is 8.10. The monoisotopic (exact) mass is 429 g/mol. The minimum atomic E-state index is -0.455. The molecule has 1 atom stereocenters. The molecule has 5 nitrogen and oxygen atoms in total. The van der Waals surface area contributed by atoms with Crippen molar-refractivity contribution in [1.82, 2.24) is 9.88 Å². The Morgan fingerprint density at radius 1 is 1.12 bits per heavy atom. The summed E-state index contributed by atoms with van der Waals surface area (Å²) in [4.78, 5) is 18.6. The van der Waals surface area contributed by atoms with E-state index in [9.17, 15) is 9.18 Å². The molecular weight excluding hydrogens is 405 g/mol. The Morgan fingerprint density at radius 2 is 1.91 bits per heavy atom. The molecule has 5 rings (SSSR count). The summed E-state index contributed by atoms with van der Waals surface area (Å²) < 4.78 is 19.6. The second-order valence-corrected chi connectivity index (χ2v) is 8.10. The van der Waals surface area contributed by atoms with E-state index in [1.807, 2.05) is 49.4 Å². The molecule has 0 saturated heterocycles. The molecule has 0 radical (unpaired) electrons. The molecule has 1 aliphatic heterocycles. The minimum Gasteiger partial charge on any atom is -0.497 e. The summed E-state index contributed by atoms with van der Waals surface area (Å²) in [5, 5.41) is 3.85. The Balaban J connectivity index is 1.59. The zero-order valence-electron chi connectivity index (χ0n) is 18.0. The van der Waals surface area contributed by atoms with Crippen LogP contribution in [-0.4, -0.2) is 29.6 Å². The average Bonchev–Trinajstić information content (AvgIpc) is 3.18. The third-order valence-electron chi connectivity index (χ3n) is 6.10. The van der Waals surface area contributed by atoms with Gasteiger partial charge in [-0.1, -0.05) is 42.0 Å². The number of anilines is 1. The highest BCUT2D eigenvalue weighted by molar-refractivity contribution is 5.92. The smallest absolute Gasteiger partial charge is 0.322 e. The van der Waals surface area contributed by atoms with E-state index in [4.69, 9.17) is 4.74 Å². The zero-order chi connectivity index (χ0) is 22.2. The van der Waals surface area contributed by atoms with Gasteiger partial charge in [-0.3, -0.25) is 0 Å². The van der Waals surface area contributed by atoms with E-state index in [-0.39, 0.29) is 17.8 Å². The largest absolute Gasteiger partial charge is 0.497 e. The molecule has 0 bridgehead atoms. The summed E-state index contributed by atoms with van der Waals surface area (Å²) in [7, 11) is 1.66. The predicted molar refractivity (Wildman–Crippen MR) is 124 cm³/mol. The van der Waals surface area contributed by atoms with Gasteiger partial charge in [0.15, 0.2) is 0 Å². The van der Waals surface area contributed by atoms with Gasteiger partial charge in [0.1, 0.15) is 11.6 Å². The molecule has 0 unspecified atom stereocenters. The highest BCUT2D eigenvalue weighted by Crippen LogP contribution is 2.39. The molecule has 2 N–H and O–H groups in total. The highest BCUT2D eigenvalue weighted by atomic mass is 19.1. The van der Waals surface area contributed by atoms with Crippen LogP contribution in [0.2, 0.25) is 0 Å². The quantitative estimate of drug-likeness (QED) is 0.432. The van der Waals surface area contributed by atoms with Crippen LogP contribution >= 0.6 is 0 Å². The molecule has 6 heteroatoms. The van der Waals surface area contributed by atoms with Crippen LogP contribution < -0.4 is 10.1 Å². The van der Waals surface area contributed by atoms with Gasteiger partial charge in [0.2, 0.25) is 0 Å². The summed E-state index contributed by atoms with van der Waals surface area (Å²) in [5.74, 6) is 0.342. The number of aromatic amines is 1. The highest BCUT2D eigenvalue weighted by Gasteiger charge is 2.35. The number of carbonyl (C=O) groups excluding carboxylic acids is 1. The first-order chi connectivity index (χ1) is 15.5. The van der Waals surface area contributed by atoms with Gasteiger partial charge in [0.05, 0.1) is 18.8 Å². The van der Waals surface area contributed by atoms with Crippen LogP contribution in [0.1, 0.15) is 28.4 Å². The molecule has 32 heavy (non-hydrogen) atoms. The van der Waals surface area contributed by atoms with Crippen LogP contribution in [0, 0.1) is 12.7 Å². The molecule has 4 aromatic rings. The molecule has 0 saturated carbocycles. The molecule has 0 fully saturated rings.